The van der Waals surface area contributed by atoms with Crippen LogP contribution >= 0.6 is 0 Å². The molecule has 0 spiro atoms. The van der Waals surface area contributed by atoms with E-state index in [0.29, 0.717) is 25.3 Å². The Labute approximate surface area is 109 Å². The third-order valence-electron chi connectivity index (χ3n) is 3.22. The predicted octanol–water partition coefficient (Wildman–Crippen LogP) is 1.19. The number of hydrogen-bond donors (Lipinski definition) is 0. The third-order valence-corrected chi connectivity index (χ3v) is 3.22. The van der Waals surface area contributed by atoms with Crippen molar-refractivity contribution < 1.29 is 14.3 Å². The summed E-state index contributed by atoms with van der Waals surface area (Å²) < 4.78 is 12.3. The van der Waals surface area contributed by atoms with Crippen LogP contribution in [0.25, 0.3) is 10.9 Å². The molecule has 0 unspecified atom stereocenters. The highest BCUT2D eigenvalue weighted by Gasteiger charge is 2.18. The fraction of sp³-hybridized carbons (Fsp3) is 0.286. The molecule has 5 heteroatoms. The number of benzene rings is 1. The molecule has 1 aromatic heterocycles. The van der Waals surface area contributed by atoms with E-state index < -0.39 is 6.29 Å². The first-order valence-electron chi connectivity index (χ1n) is 6.10. The summed E-state index contributed by atoms with van der Waals surface area (Å²) in [5, 5.41) is 0.759. The maximum atomic E-state index is 12.0. The summed E-state index contributed by atoms with van der Waals surface area (Å²) in [4.78, 5) is 23.0. The van der Waals surface area contributed by atoms with Crippen LogP contribution in [0.15, 0.2) is 35.1 Å². The van der Waals surface area contributed by atoms with E-state index in [2.05, 4.69) is 0 Å². The second kappa shape index (κ2) is 4.95. The Hall–Kier alpha value is -1.98. The van der Waals surface area contributed by atoms with E-state index in [1.54, 1.807) is 22.8 Å². The number of ether oxygens (including phenoxy) is 2. The zero-order valence-electron chi connectivity index (χ0n) is 10.2. The molecule has 98 valence electrons. The Morgan fingerprint density at radius 3 is 2.74 bits per heavy atom. The van der Waals surface area contributed by atoms with Crippen LogP contribution in [0.2, 0.25) is 0 Å². The molecule has 19 heavy (non-hydrogen) atoms. The molecule has 0 N–H and O–H groups in total. The highest BCUT2D eigenvalue weighted by Crippen LogP contribution is 2.17. The van der Waals surface area contributed by atoms with Gasteiger partial charge in [-0.05, 0) is 12.1 Å². The smallest absolute Gasteiger partial charge is 0.251 e. The number of aldehydes is 1. The van der Waals surface area contributed by atoms with Gasteiger partial charge in [0.2, 0.25) is 0 Å². The second-order valence-corrected chi connectivity index (χ2v) is 4.35. The monoisotopic (exact) mass is 259 g/mol. The number of hydrogen-bond acceptors (Lipinski definition) is 4. The minimum atomic E-state index is -0.400. The lowest BCUT2D eigenvalue weighted by Crippen LogP contribution is -2.27. The van der Waals surface area contributed by atoms with Crippen LogP contribution in [0, 0.1) is 0 Å². The standard InChI is InChI=1S/C14H13NO4/c16-9-10-2-1-3-12-11(10)4-5-13(17)15(12)8-14-18-6-7-19-14/h1-5,9,14H,6-8H2. The van der Waals surface area contributed by atoms with Crippen LogP contribution in [0.4, 0.5) is 0 Å². The molecule has 2 aromatic rings. The molecule has 2 heterocycles. The van der Waals surface area contributed by atoms with Gasteiger partial charge in [0.05, 0.1) is 25.3 Å². The summed E-state index contributed by atoms with van der Waals surface area (Å²) in [6, 6.07) is 8.45. The first-order chi connectivity index (χ1) is 9.29. The molecule has 0 aliphatic carbocycles. The van der Waals surface area contributed by atoms with Gasteiger partial charge in [0, 0.05) is 17.0 Å². The van der Waals surface area contributed by atoms with Crippen molar-refractivity contribution in [2.45, 2.75) is 12.8 Å². The molecule has 0 atom stereocenters. The van der Waals surface area contributed by atoms with Gasteiger partial charge >= 0.3 is 0 Å². The summed E-state index contributed by atoms with van der Waals surface area (Å²) in [6.45, 7) is 1.42. The maximum Gasteiger partial charge on any atom is 0.251 e. The number of nitrogens with zero attached hydrogens (tertiary/aromatic N) is 1. The van der Waals surface area contributed by atoms with Gasteiger partial charge in [-0.2, -0.15) is 0 Å². The van der Waals surface area contributed by atoms with Gasteiger partial charge in [-0.1, -0.05) is 12.1 Å². The molecule has 1 aromatic carbocycles. The van der Waals surface area contributed by atoms with Crippen molar-refractivity contribution in [2.24, 2.45) is 0 Å². The van der Waals surface area contributed by atoms with E-state index in [4.69, 9.17) is 9.47 Å². The number of carbonyl (C=O) groups excluding carboxylic acids is 1. The van der Waals surface area contributed by atoms with E-state index in [1.165, 1.54) is 6.07 Å². The van der Waals surface area contributed by atoms with Crippen molar-refractivity contribution >= 4 is 17.2 Å². The van der Waals surface area contributed by atoms with E-state index in [1.807, 2.05) is 6.07 Å². The topological polar surface area (TPSA) is 57.5 Å². The van der Waals surface area contributed by atoms with Crippen LogP contribution in [-0.4, -0.2) is 30.4 Å². The van der Waals surface area contributed by atoms with Crippen molar-refractivity contribution in [3.8, 4) is 0 Å². The SMILES string of the molecule is O=Cc1cccc2c1ccc(=O)n2CC1OCCO1. The molecule has 5 nitrogen and oxygen atoms in total. The lowest BCUT2D eigenvalue weighted by Gasteiger charge is -2.14. The number of aromatic nitrogens is 1. The van der Waals surface area contributed by atoms with Gasteiger partial charge < -0.3 is 14.0 Å². The van der Waals surface area contributed by atoms with Gasteiger partial charge in [-0.15, -0.1) is 0 Å². The molecule has 0 bridgehead atoms. The van der Waals surface area contributed by atoms with Crippen LogP contribution in [0.3, 0.4) is 0 Å². The predicted molar refractivity (Wildman–Crippen MR) is 69.3 cm³/mol. The van der Waals surface area contributed by atoms with Crippen molar-refractivity contribution in [2.75, 3.05) is 13.2 Å². The highest BCUT2D eigenvalue weighted by molar-refractivity contribution is 5.96. The lowest BCUT2D eigenvalue weighted by atomic mass is 10.1. The van der Waals surface area contributed by atoms with E-state index in [9.17, 15) is 9.59 Å². The van der Waals surface area contributed by atoms with Crippen molar-refractivity contribution in [3.05, 3.63) is 46.2 Å². The highest BCUT2D eigenvalue weighted by atomic mass is 16.7. The average Bonchev–Trinajstić information content (AvgIpc) is 2.94. The van der Waals surface area contributed by atoms with Gasteiger partial charge in [-0.25, -0.2) is 0 Å². The number of carbonyl (C=O) groups is 1. The van der Waals surface area contributed by atoms with Gasteiger partial charge in [0.25, 0.3) is 5.56 Å². The summed E-state index contributed by atoms with van der Waals surface area (Å²) in [7, 11) is 0. The Kier molecular flexibility index (Phi) is 3.15. The maximum absolute atomic E-state index is 12.0. The molecule has 3 rings (SSSR count). The number of pyridine rings is 1. The molecule has 1 saturated heterocycles. The Morgan fingerprint density at radius 1 is 1.21 bits per heavy atom. The van der Waals surface area contributed by atoms with E-state index in [0.717, 1.165) is 17.2 Å². The normalized spacial score (nSPS) is 16.0. The molecule has 1 aliphatic heterocycles. The van der Waals surface area contributed by atoms with Crippen LogP contribution in [-0.2, 0) is 16.0 Å². The minimum absolute atomic E-state index is 0.130. The summed E-state index contributed by atoms with van der Waals surface area (Å²) in [5.74, 6) is 0. The molecular formula is C14H13NO4. The Bertz CT molecular complexity index is 671. The van der Waals surface area contributed by atoms with Crippen molar-refractivity contribution in [1.29, 1.82) is 0 Å². The van der Waals surface area contributed by atoms with Gasteiger partial charge in [0.1, 0.15) is 0 Å². The molecule has 0 radical (unpaired) electrons. The summed E-state index contributed by atoms with van der Waals surface area (Å²) in [6.07, 6.45) is 0.392. The van der Waals surface area contributed by atoms with Crippen molar-refractivity contribution in [3.63, 3.8) is 0 Å². The fourth-order valence-electron chi connectivity index (χ4n) is 2.30. The first kappa shape index (κ1) is 12.1. The van der Waals surface area contributed by atoms with E-state index in [-0.39, 0.29) is 5.56 Å². The van der Waals surface area contributed by atoms with E-state index >= 15 is 0 Å². The summed E-state index contributed by atoms with van der Waals surface area (Å²) in [5.41, 5.74) is 1.16. The molecule has 0 saturated carbocycles. The summed E-state index contributed by atoms with van der Waals surface area (Å²) >= 11 is 0. The number of rotatable bonds is 3. The Balaban J connectivity index is 2.13. The zero-order valence-corrected chi connectivity index (χ0v) is 10.2. The zero-order chi connectivity index (χ0) is 13.2. The largest absolute Gasteiger partial charge is 0.348 e. The molecular weight excluding hydrogens is 246 g/mol. The second-order valence-electron chi connectivity index (χ2n) is 4.35. The Morgan fingerprint density at radius 2 is 2.00 bits per heavy atom. The van der Waals surface area contributed by atoms with Crippen LogP contribution < -0.4 is 5.56 Å². The van der Waals surface area contributed by atoms with Gasteiger partial charge in [0.15, 0.2) is 12.6 Å². The lowest BCUT2D eigenvalue weighted by molar-refractivity contribution is -0.0522. The quantitative estimate of drug-likeness (QED) is 0.777. The van der Waals surface area contributed by atoms with Crippen LogP contribution in [0.1, 0.15) is 10.4 Å². The average molecular weight is 259 g/mol. The minimum Gasteiger partial charge on any atom is -0.348 e. The van der Waals surface area contributed by atoms with Gasteiger partial charge in [-0.3, -0.25) is 9.59 Å². The molecule has 1 aliphatic rings. The molecule has 0 amide bonds. The first-order valence-corrected chi connectivity index (χ1v) is 6.10. The molecule has 1 fully saturated rings. The number of fused-ring (bicyclic) bond motifs is 1. The fourth-order valence-corrected chi connectivity index (χ4v) is 2.30. The third kappa shape index (κ3) is 2.18. The van der Waals surface area contributed by atoms with Crippen LogP contribution in [0.5, 0.6) is 0 Å². The van der Waals surface area contributed by atoms with Crippen molar-refractivity contribution in [1.82, 2.24) is 4.57 Å².